The van der Waals surface area contributed by atoms with E-state index in [4.69, 9.17) is 27.9 Å². The van der Waals surface area contributed by atoms with Gasteiger partial charge in [0, 0.05) is 5.39 Å². The molecule has 0 aliphatic rings. The molecule has 0 fully saturated rings. The van der Waals surface area contributed by atoms with Crippen molar-refractivity contribution in [1.82, 2.24) is 4.98 Å². The summed E-state index contributed by atoms with van der Waals surface area (Å²) in [6.07, 6.45) is -0.596. The number of aromatic nitrogens is 1. The molecule has 1 heterocycles. The van der Waals surface area contributed by atoms with Gasteiger partial charge in [0.05, 0.1) is 0 Å². The number of carbonyl (C=O) groups excluding carboxylic acids is 1. The van der Waals surface area contributed by atoms with Gasteiger partial charge in [0.1, 0.15) is 27.7 Å². The number of aromatic hydroxyl groups is 1. The quantitative estimate of drug-likeness (QED) is 0.516. The molecule has 0 aliphatic carbocycles. The van der Waals surface area contributed by atoms with E-state index in [9.17, 15) is 9.90 Å². The van der Waals surface area contributed by atoms with E-state index in [1.165, 1.54) is 0 Å². The van der Waals surface area contributed by atoms with Crippen LogP contribution < -0.4 is 0 Å². The molecule has 0 spiro atoms. The van der Waals surface area contributed by atoms with E-state index in [2.05, 4.69) is 4.98 Å². The number of nitrogens with zero attached hydrogens (tertiary/aromatic N) is 1. The molecule has 1 aromatic heterocycles. The number of pyridine rings is 1. The minimum atomic E-state index is -0.630. The van der Waals surface area contributed by atoms with Crippen LogP contribution in [0.25, 0.3) is 10.8 Å². The van der Waals surface area contributed by atoms with Gasteiger partial charge in [-0.3, -0.25) is 0 Å². The zero-order chi connectivity index (χ0) is 17.3. The SMILES string of the molecule is C[C@H](OC(=O)c1ccc2ccccc2c1O)c1cc(Cl)nc(Cl)c1. The minimum Gasteiger partial charge on any atom is -0.506 e. The molecule has 0 bridgehead atoms. The molecule has 0 unspecified atom stereocenters. The molecule has 0 radical (unpaired) electrons. The maximum atomic E-state index is 12.4. The highest BCUT2D eigenvalue weighted by atomic mass is 35.5. The third kappa shape index (κ3) is 3.30. The van der Waals surface area contributed by atoms with Gasteiger partial charge in [-0.25, -0.2) is 9.78 Å². The van der Waals surface area contributed by atoms with E-state index in [0.717, 1.165) is 5.39 Å². The standard InChI is InChI=1S/C18H13Cl2NO3/c1-10(12-8-15(19)21-16(20)9-12)24-18(23)14-7-6-11-4-2-3-5-13(11)17(14)22/h2-10,22H,1H3/t10-/m0/s1. The molecule has 4 nitrogen and oxygen atoms in total. The van der Waals surface area contributed by atoms with Crippen molar-refractivity contribution >= 4 is 39.9 Å². The van der Waals surface area contributed by atoms with Crippen LogP contribution >= 0.6 is 23.2 Å². The molecule has 0 aliphatic heterocycles. The number of rotatable bonds is 3. The van der Waals surface area contributed by atoms with Crippen LogP contribution in [0, 0.1) is 0 Å². The van der Waals surface area contributed by atoms with Crippen LogP contribution in [-0.4, -0.2) is 16.1 Å². The third-order valence-electron chi connectivity index (χ3n) is 3.66. The Balaban J connectivity index is 1.88. The van der Waals surface area contributed by atoms with Crippen molar-refractivity contribution in [2.45, 2.75) is 13.0 Å². The Bertz CT molecular complexity index is 907. The first kappa shape index (κ1) is 16.6. The number of ether oxygens (including phenoxy) is 1. The summed E-state index contributed by atoms with van der Waals surface area (Å²) in [5.41, 5.74) is 0.723. The van der Waals surface area contributed by atoms with Crippen molar-refractivity contribution in [2.75, 3.05) is 0 Å². The number of phenols is 1. The summed E-state index contributed by atoms with van der Waals surface area (Å²) in [5, 5.41) is 12.2. The summed E-state index contributed by atoms with van der Waals surface area (Å²) >= 11 is 11.7. The van der Waals surface area contributed by atoms with E-state index in [0.29, 0.717) is 10.9 Å². The van der Waals surface area contributed by atoms with Crippen LogP contribution in [0.4, 0.5) is 0 Å². The van der Waals surface area contributed by atoms with Gasteiger partial charge in [-0.1, -0.05) is 53.5 Å². The second-order valence-corrected chi connectivity index (χ2v) is 6.05. The van der Waals surface area contributed by atoms with E-state index >= 15 is 0 Å². The van der Waals surface area contributed by atoms with Gasteiger partial charge in [-0.15, -0.1) is 0 Å². The number of hydrogen-bond donors (Lipinski definition) is 1. The Labute approximate surface area is 148 Å². The smallest absolute Gasteiger partial charge is 0.342 e. The lowest BCUT2D eigenvalue weighted by molar-refractivity contribution is 0.0335. The van der Waals surface area contributed by atoms with Gasteiger partial charge < -0.3 is 9.84 Å². The van der Waals surface area contributed by atoms with Crippen LogP contribution in [0.2, 0.25) is 10.3 Å². The Kier molecular flexibility index (Phi) is 4.60. The normalized spacial score (nSPS) is 12.1. The minimum absolute atomic E-state index is 0.101. The van der Waals surface area contributed by atoms with Crippen LogP contribution in [0.3, 0.4) is 0 Å². The first-order valence-electron chi connectivity index (χ1n) is 7.20. The highest BCUT2D eigenvalue weighted by molar-refractivity contribution is 6.32. The molecule has 0 saturated heterocycles. The zero-order valence-electron chi connectivity index (χ0n) is 12.7. The molecule has 122 valence electrons. The Morgan fingerprint density at radius 3 is 2.50 bits per heavy atom. The van der Waals surface area contributed by atoms with Gasteiger partial charge in [0.25, 0.3) is 0 Å². The number of hydrogen-bond acceptors (Lipinski definition) is 4. The van der Waals surface area contributed by atoms with Gasteiger partial charge in [-0.05, 0) is 36.1 Å². The average Bonchev–Trinajstić information content (AvgIpc) is 2.54. The van der Waals surface area contributed by atoms with Crippen LogP contribution in [0.1, 0.15) is 28.9 Å². The lowest BCUT2D eigenvalue weighted by Gasteiger charge is -2.15. The predicted molar refractivity (Wildman–Crippen MR) is 93.7 cm³/mol. The largest absolute Gasteiger partial charge is 0.506 e. The predicted octanol–water partition coefficient (Wildman–Crippen LogP) is 5.17. The molecule has 24 heavy (non-hydrogen) atoms. The number of benzene rings is 2. The Morgan fingerprint density at radius 1 is 1.12 bits per heavy atom. The number of phenolic OH excluding ortho intramolecular Hbond substituents is 1. The van der Waals surface area contributed by atoms with Crippen LogP contribution in [0.15, 0.2) is 48.5 Å². The molecule has 1 atom stereocenters. The lowest BCUT2D eigenvalue weighted by Crippen LogP contribution is -2.10. The molecule has 6 heteroatoms. The molecular formula is C18H13Cl2NO3. The van der Waals surface area contributed by atoms with E-state index in [1.807, 2.05) is 12.1 Å². The molecule has 3 rings (SSSR count). The van der Waals surface area contributed by atoms with E-state index < -0.39 is 12.1 Å². The van der Waals surface area contributed by atoms with Crippen LogP contribution in [0.5, 0.6) is 5.75 Å². The maximum Gasteiger partial charge on any atom is 0.342 e. The average molecular weight is 362 g/mol. The van der Waals surface area contributed by atoms with Crippen molar-refractivity contribution < 1.29 is 14.6 Å². The zero-order valence-corrected chi connectivity index (χ0v) is 14.2. The topological polar surface area (TPSA) is 59.4 Å². The molecular weight excluding hydrogens is 349 g/mol. The van der Waals surface area contributed by atoms with Gasteiger partial charge in [-0.2, -0.15) is 0 Å². The Morgan fingerprint density at radius 2 is 1.79 bits per heavy atom. The summed E-state index contributed by atoms with van der Waals surface area (Å²) < 4.78 is 5.42. The first-order valence-corrected chi connectivity index (χ1v) is 7.96. The summed E-state index contributed by atoms with van der Waals surface area (Å²) in [6.45, 7) is 1.69. The number of halogens is 2. The summed E-state index contributed by atoms with van der Waals surface area (Å²) in [6, 6.07) is 13.7. The Hall–Kier alpha value is -2.30. The fraction of sp³-hybridized carbons (Fsp3) is 0.111. The maximum absolute atomic E-state index is 12.4. The summed E-state index contributed by atoms with van der Waals surface area (Å²) in [7, 11) is 0. The fourth-order valence-corrected chi connectivity index (χ4v) is 2.91. The number of fused-ring (bicyclic) bond motifs is 1. The monoisotopic (exact) mass is 361 g/mol. The number of esters is 1. The summed E-state index contributed by atoms with van der Waals surface area (Å²) in [4.78, 5) is 16.3. The highest BCUT2D eigenvalue weighted by Crippen LogP contribution is 2.31. The lowest BCUT2D eigenvalue weighted by atomic mass is 10.1. The van der Waals surface area contributed by atoms with E-state index in [-0.39, 0.29) is 21.6 Å². The molecule has 0 amide bonds. The summed E-state index contributed by atoms with van der Waals surface area (Å²) in [5.74, 6) is -0.731. The van der Waals surface area contributed by atoms with Gasteiger partial charge >= 0.3 is 5.97 Å². The van der Waals surface area contributed by atoms with Gasteiger partial charge in [0.2, 0.25) is 0 Å². The second kappa shape index (κ2) is 6.67. The van der Waals surface area contributed by atoms with Crippen molar-refractivity contribution in [3.05, 3.63) is 70.0 Å². The second-order valence-electron chi connectivity index (χ2n) is 5.28. The first-order chi connectivity index (χ1) is 11.5. The van der Waals surface area contributed by atoms with Crippen LogP contribution in [-0.2, 0) is 4.74 Å². The highest BCUT2D eigenvalue weighted by Gasteiger charge is 2.19. The molecule has 3 aromatic rings. The van der Waals surface area contributed by atoms with Crippen molar-refractivity contribution in [3.8, 4) is 5.75 Å². The fourth-order valence-electron chi connectivity index (χ4n) is 2.43. The van der Waals surface area contributed by atoms with Gasteiger partial charge in [0.15, 0.2) is 0 Å². The van der Waals surface area contributed by atoms with E-state index in [1.54, 1.807) is 43.3 Å². The van der Waals surface area contributed by atoms with Crippen molar-refractivity contribution in [1.29, 1.82) is 0 Å². The van der Waals surface area contributed by atoms with Crippen molar-refractivity contribution in [3.63, 3.8) is 0 Å². The third-order valence-corrected chi connectivity index (χ3v) is 4.05. The van der Waals surface area contributed by atoms with Crippen molar-refractivity contribution in [2.24, 2.45) is 0 Å². The number of carbonyl (C=O) groups is 1. The molecule has 1 N–H and O–H groups in total. The molecule has 0 saturated carbocycles. The molecule has 2 aromatic carbocycles.